The molecule has 0 saturated carbocycles. The van der Waals surface area contributed by atoms with Gasteiger partial charge in [0.2, 0.25) is 0 Å². The third-order valence-electron chi connectivity index (χ3n) is 3.60. The van der Waals surface area contributed by atoms with Crippen molar-refractivity contribution in [2.45, 2.75) is 25.4 Å². The molecule has 114 valence electrons. The summed E-state index contributed by atoms with van der Waals surface area (Å²) in [4.78, 5) is 24.2. The monoisotopic (exact) mass is 292 g/mol. The Balaban J connectivity index is 1.86. The maximum atomic E-state index is 12.1. The Bertz CT molecular complexity index is 495. The number of hydrogen-bond acceptors (Lipinski definition) is 5. The van der Waals surface area contributed by atoms with Crippen LogP contribution in [0.3, 0.4) is 0 Å². The van der Waals surface area contributed by atoms with E-state index in [9.17, 15) is 14.9 Å². The fourth-order valence-corrected chi connectivity index (χ4v) is 2.47. The molecule has 1 aromatic carbocycles. The summed E-state index contributed by atoms with van der Waals surface area (Å²) in [5.41, 5.74) is 0.493. The van der Waals surface area contributed by atoms with Gasteiger partial charge in [0.25, 0.3) is 5.69 Å². The van der Waals surface area contributed by atoms with Crippen LogP contribution in [0.4, 0.5) is 5.69 Å². The number of rotatable bonds is 6. The number of non-ortho nitro benzene ring substituents is 1. The summed E-state index contributed by atoms with van der Waals surface area (Å²) in [5, 5.41) is 10.6. The lowest BCUT2D eigenvalue weighted by Crippen LogP contribution is -2.36. The maximum Gasteiger partial charge on any atom is 0.269 e. The number of nitro benzene ring substituents is 1. The van der Waals surface area contributed by atoms with Gasteiger partial charge in [-0.25, -0.2) is 0 Å². The van der Waals surface area contributed by atoms with E-state index in [0.29, 0.717) is 5.56 Å². The number of carbonyl (C=O) groups is 1. The van der Waals surface area contributed by atoms with Crippen molar-refractivity contribution in [2.24, 2.45) is 0 Å². The van der Waals surface area contributed by atoms with Gasteiger partial charge in [-0.3, -0.25) is 19.8 Å². The van der Waals surface area contributed by atoms with Crippen LogP contribution in [0.5, 0.6) is 0 Å². The molecule has 1 aromatic rings. The highest BCUT2D eigenvalue weighted by atomic mass is 16.6. The minimum absolute atomic E-state index is 0.00416. The average Bonchev–Trinajstić information content (AvgIpc) is 2.48. The van der Waals surface area contributed by atoms with Gasteiger partial charge in [-0.05, 0) is 38.4 Å². The third-order valence-corrected chi connectivity index (χ3v) is 3.60. The molecule has 1 atom stereocenters. The summed E-state index contributed by atoms with van der Waals surface area (Å²) in [5.74, 6) is -0.0387. The number of ketones is 1. The number of Topliss-reactive ketones (excluding diaryl/α,β-unsaturated/α-hetero) is 1. The fourth-order valence-electron chi connectivity index (χ4n) is 2.47. The highest BCUT2D eigenvalue weighted by Crippen LogP contribution is 2.15. The van der Waals surface area contributed by atoms with Crippen LogP contribution in [0.25, 0.3) is 0 Å². The van der Waals surface area contributed by atoms with Gasteiger partial charge in [0.1, 0.15) is 0 Å². The van der Waals surface area contributed by atoms with Crippen LogP contribution in [-0.2, 0) is 4.74 Å². The van der Waals surface area contributed by atoms with Crippen molar-refractivity contribution in [1.29, 1.82) is 0 Å². The van der Waals surface area contributed by atoms with Crippen LogP contribution >= 0.6 is 0 Å². The van der Waals surface area contributed by atoms with Gasteiger partial charge in [0.15, 0.2) is 5.78 Å². The highest BCUT2D eigenvalue weighted by Gasteiger charge is 2.18. The van der Waals surface area contributed by atoms with Crippen molar-refractivity contribution >= 4 is 11.5 Å². The standard InChI is InChI=1S/C15H20N2O4/c1-16(10-14-4-2-3-9-21-14)11-15(18)12-5-7-13(8-6-12)17(19)20/h5-8,14H,2-4,9-11H2,1H3. The first kappa shape index (κ1) is 15.6. The van der Waals surface area contributed by atoms with Crippen molar-refractivity contribution in [3.8, 4) is 0 Å². The van der Waals surface area contributed by atoms with E-state index in [4.69, 9.17) is 4.74 Å². The lowest BCUT2D eigenvalue weighted by atomic mass is 10.1. The second-order valence-corrected chi connectivity index (χ2v) is 5.41. The number of carbonyl (C=O) groups excluding carboxylic acids is 1. The summed E-state index contributed by atoms with van der Waals surface area (Å²) < 4.78 is 5.65. The zero-order valence-electron chi connectivity index (χ0n) is 12.2. The molecule has 0 radical (unpaired) electrons. The molecule has 0 aromatic heterocycles. The first-order chi connectivity index (χ1) is 10.1. The number of ether oxygens (including phenoxy) is 1. The van der Waals surface area contributed by atoms with Gasteiger partial charge in [-0.15, -0.1) is 0 Å². The SMILES string of the molecule is CN(CC(=O)c1ccc([N+](=O)[O-])cc1)CC1CCCCO1. The van der Waals surface area contributed by atoms with E-state index in [0.717, 1.165) is 26.0 Å². The molecule has 21 heavy (non-hydrogen) atoms. The summed E-state index contributed by atoms with van der Waals surface area (Å²) in [7, 11) is 1.89. The van der Waals surface area contributed by atoms with Crippen LogP contribution < -0.4 is 0 Å². The molecule has 2 rings (SSSR count). The van der Waals surface area contributed by atoms with E-state index in [1.54, 1.807) is 0 Å². The van der Waals surface area contributed by atoms with Gasteiger partial charge in [-0.1, -0.05) is 0 Å². The molecule has 0 aliphatic carbocycles. The first-order valence-corrected chi connectivity index (χ1v) is 7.14. The van der Waals surface area contributed by atoms with E-state index in [-0.39, 0.29) is 24.1 Å². The Kier molecular flexibility index (Phi) is 5.41. The molecular formula is C15H20N2O4. The smallest absolute Gasteiger partial charge is 0.269 e. The molecule has 1 heterocycles. The zero-order valence-corrected chi connectivity index (χ0v) is 12.2. The predicted molar refractivity (Wildman–Crippen MR) is 78.5 cm³/mol. The number of benzene rings is 1. The molecule has 1 fully saturated rings. The maximum absolute atomic E-state index is 12.1. The van der Waals surface area contributed by atoms with Crippen LogP contribution in [0.1, 0.15) is 29.6 Å². The minimum atomic E-state index is -0.471. The lowest BCUT2D eigenvalue weighted by molar-refractivity contribution is -0.384. The van der Waals surface area contributed by atoms with E-state index in [2.05, 4.69) is 0 Å². The van der Waals surface area contributed by atoms with E-state index in [1.807, 2.05) is 11.9 Å². The molecule has 0 amide bonds. The van der Waals surface area contributed by atoms with Gasteiger partial charge in [0.05, 0.1) is 17.6 Å². The topological polar surface area (TPSA) is 72.7 Å². The number of likely N-dealkylation sites (N-methyl/N-ethyl adjacent to an activating group) is 1. The van der Waals surface area contributed by atoms with Crippen molar-refractivity contribution in [3.63, 3.8) is 0 Å². The largest absolute Gasteiger partial charge is 0.377 e. The van der Waals surface area contributed by atoms with E-state index >= 15 is 0 Å². The summed E-state index contributed by atoms with van der Waals surface area (Å²) >= 11 is 0. The number of hydrogen-bond donors (Lipinski definition) is 0. The Hall–Kier alpha value is -1.79. The van der Waals surface area contributed by atoms with Crippen molar-refractivity contribution < 1.29 is 14.5 Å². The molecular weight excluding hydrogens is 272 g/mol. The van der Waals surface area contributed by atoms with E-state index in [1.165, 1.54) is 30.7 Å². The van der Waals surface area contributed by atoms with Gasteiger partial charge in [0, 0.05) is 30.8 Å². The molecule has 0 N–H and O–H groups in total. The van der Waals surface area contributed by atoms with Crippen LogP contribution in [-0.4, -0.2) is 48.5 Å². The van der Waals surface area contributed by atoms with Gasteiger partial charge >= 0.3 is 0 Å². The first-order valence-electron chi connectivity index (χ1n) is 7.14. The Morgan fingerprint density at radius 3 is 2.67 bits per heavy atom. The molecule has 0 bridgehead atoms. The van der Waals surface area contributed by atoms with Crippen molar-refractivity contribution in [3.05, 3.63) is 39.9 Å². The molecule has 1 aliphatic heterocycles. The molecule has 1 saturated heterocycles. The van der Waals surface area contributed by atoms with Crippen LogP contribution in [0, 0.1) is 10.1 Å². The second-order valence-electron chi connectivity index (χ2n) is 5.41. The van der Waals surface area contributed by atoms with Gasteiger partial charge in [-0.2, -0.15) is 0 Å². The average molecular weight is 292 g/mol. The Morgan fingerprint density at radius 2 is 2.10 bits per heavy atom. The molecule has 1 aliphatic rings. The Labute approximate surface area is 123 Å². The van der Waals surface area contributed by atoms with Crippen molar-refractivity contribution in [1.82, 2.24) is 4.90 Å². The number of nitro groups is 1. The Morgan fingerprint density at radius 1 is 1.38 bits per heavy atom. The molecule has 6 heteroatoms. The molecule has 6 nitrogen and oxygen atoms in total. The predicted octanol–water partition coefficient (Wildman–Crippen LogP) is 2.28. The molecule has 0 spiro atoms. The zero-order chi connectivity index (χ0) is 15.2. The quantitative estimate of drug-likeness (QED) is 0.457. The van der Waals surface area contributed by atoms with Gasteiger partial charge < -0.3 is 4.74 Å². The lowest BCUT2D eigenvalue weighted by Gasteiger charge is -2.27. The van der Waals surface area contributed by atoms with Crippen LogP contribution in [0.2, 0.25) is 0 Å². The van der Waals surface area contributed by atoms with Crippen molar-refractivity contribution in [2.75, 3.05) is 26.7 Å². The third kappa shape index (κ3) is 4.61. The normalized spacial score (nSPS) is 18.7. The summed E-state index contributed by atoms with van der Waals surface area (Å²) in [6.07, 6.45) is 3.53. The number of nitrogens with zero attached hydrogens (tertiary/aromatic N) is 2. The fraction of sp³-hybridized carbons (Fsp3) is 0.533. The van der Waals surface area contributed by atoms with Crippen LogP contribution in [0.15, 0.2) is 24.3 Å². The summed E-state index contributed by atoms with van der Waals surface area (Å²) in [6.45, 7) is 1.82. The van der Waals surface area contributed by atoms with E-state index < -0.39 is 4.92 Å². The summed E-state index contributed by atoms with van der Waals surface area (Å²) in [6, 6.07) is 5.73. The minimum Gasteiger partial charge on any atom is -0.377 e. The highest BCUT2D eigenvalue weighted by molar-refractivity contribution is 5.97. The molecule has 1 unspecified atom stereocenters. The second kappa shape index (κ2) is 7.28.